The SMILES string of the molecule is C=C(C)C(=O)NCCCN(C)C.C=CN1CCCC1=O.Cc1ccc(S(=O)(=O)O)cc1. The molecule has 2 rings (SSSR count). The number of amides is 2. The molecular formula is C22H35N3O5S. The van der Waals surface area contributed by atoms with Gasteiger partial charge in [-0.05, 0) is 65.7 Å². The summed E-state index contributed by atoms with van der Waals surface area (Å²) in [6.45, 7) is 13.2. The van der Waals surface area contributed by atoms with Crippen LogP contribution in [-0.4, -0.2) is 68.3 Å². The third kappa shape index (κ3) is 13.4. The Morgan fingerprint density at radius 2 is 1.87 bits per heavy atom. The molecule has 0 radical (unpaired) electrons. The second-order valence-corrected chi connectivity index (χ2v) is 8.78. The van der Waals surface area contributed by atoms with Crippen LogP contribution in [0.3, 0.4) is 0 Å². The lowest BCUT2D eigenvalue weighted by atomic mass is 10.2. The molecular weight excluding hydrogens is 418 g/mol. The number of aryl methyl sites for hydroxylation is 1. The minimum absolute atomic E-state index is 0.0474. The van der Waals surface area contributed by atoms with Crippen molar-refractivity contribution >= 4 is 21.9 Å². The molecule has 0 bridgehead atoms. The fraction of sp³-hybridized carbons (Fsp3) is 0.455. The summed E-state index contributed by atoms with van der Waals surface area (Å²) in [6, 6.07) is 5.99. The molecule has 9 heteroatoms. The fourth-order valence-corrected chi connectivity index (χ4v) is 2.80. The van der Waals surface area contributed by atoms with Crippen LogP contribution in [0.5, 0.6) is 0 Å². The van der Waals surface area contributed by atoms with Crippen molar-refractivity contribution in [2.45, 2.75) is 38.0 Å². The van der Waals surface area contributed by atoms with E-state index < -0.39 is 10.1 Å². The first-order valence-corrected chi connectivity index (χ1v) is 11.4. The van der Waals surface area contributed by atoms with E-state index in [1.54, 1.807) is 30.2 Å². The number of nitrogens with zero attached hydrogens (tertiary/aromatic N) is 2. The molecule has 2 N–H and O–H groups in total. The van der Waals surface area contributed by atoms with Gasteiger partial charge in [-0.3, -0.25) is 14.1 Å². The smallest absolute Gasteiger partial charge is 0.294 e. The zero-order chi connectivity index (χ0) is 24.0. The normalized spacial score (nSPS) is 13.0. The predicted octanol–water partition coefficient (Wildman–Crippen LogP) is 2.62. The first kappa shape index (κ1) is 28.5. The zero-order valence-corrected chi connectivity index (χ0v) is 19.7. The Bertz CT molecular complexity index is 833. The minimum atomic E-state index is -4.02. The maximum absolute atomic E-state index is 11.0. The number of carbonyl (C=O) groups excluding carboxylic acids is 2. The first-order chi connectivity index (χ1) is 14.4. The molecule has 1 aliphatic heterocycles. The van der Waals surface area contributed by atoms with Crippen LogP contribution in [0.4, 0.5) is 0 Å². The average molecular weight is 454 g/mol. The molecule has 31 heavy (non-hydrogen) atoms. The Labute approximate surface area is 186 Å². The standard InChI is InChI=1S/C9H18N2O.C7H8O3S.C6H9NO/c1-8(2)9(12)10-6-5-7-11(3)4;1-6-2-4-7(5-3-6)11(8,9)10;1-2-7-5-3-4-6(7)8/h1,5-7H2,2-4H3,(H,10,12);2-5H,1H3,(H,8,9,10);2H,1,3-5H2. The van der Waals surface area contributed by atoms with Crippen molar-refractivity contribution in [2.75, 3.05) is 33.7 Å². The summed E-state index contributed by atoms with van der Waals surface area (Å²) >= 11 is 0. The lowest BCUT2D eigenvalue weighted by Crippen LogP contribution is -2.27. The summed E-state index contributed by atoms with van der Waals surface area (Å²) in [4.78, 5) is 25.3. The Hall–Kier alpha value is -2.49. The Morgan fingerprint density at radius 3 is 2.23 bits per heavy atom. The quantitative estimate of drug-likeness (QED) is 0.373. The highest BCUT2D eigenvalue weighted by Gasteiger charge is 2.16. The van der Waals surface area contributed by atoms with E-state index in [4.69, 9.17) is 4.55 Å². The summed E-state index contributed by atoms with van der Waals surface area (Å²) in [7, 11) is 0.00933. The number of benzene rings is 1. The van der Waals surface area contributed by atoms with E-state index >= 15 is 0 Å². The van der Waals surface area contributed by atoms with Gasteiger partial charge in [0.15, 0.2) is 0 Å². The van der Waals surface area contributed by atoms with Crippen molar-refractivity contribution in [1.29, 1.82) is 0 Å². The molecule has 8 nitrogen and oxygen atoms in total. The van der Waals surface area contributed by atoms with E-state index in [1.165, 1.54) is 12.1 Å². The molecule has 1 aromatic rings. The molecule has 2 amide bonds. The average Bonchev–Trinajstić information content (AvgIpc) is 3.10. The van der Waals surface area contributed by atoms with E-state index in [9.17, 15) is 18.0 Å². The second-order valence-electron chi connectivity index (χ2n) is 7.35. The summed E-state index contributed by atoms with van der Waals surface area (Å²) in [5.74, 6) is 0.161. The van der Waals surface area contributed by atoms with Gasteiger partial charge < -0.3 is 15.1 Å². The van der Waals surface area contributed by atoms with Gasteiger partial charge in [0, 0.05) is 25.1 Å². The summed E-state index contributed by atoms with van der Waals surface area (Å²) in [5, 5.41) is 2.77. The molecule has 0 spiro atoms. The topological polar surface area (TPSA) is 107 Å². The lowest BCUT2D eigenvalue weighted by molar-refractivity contribution is -0.125. The van der Waals surface area contributed by atoms with E-state index in [0.717, 1.165) is 38.0 Å². The molecule has 174 valence electrons. The molecule has 1 fully saturated rings. The first-order valence-electron chi connectivity index (χ1n) is 9.93. The van der Waals surface area contributed by atoms with Crippen LogP contribution in [0.2, 0.25) is 0 Å². The largest absolute Gasteiger partial charge is 0.352 e. The van der Waals surface area contributed by atoms with Gasteiger partial charge in [-0.1, -0.05) is 30.9 Å². The number of carbonyl (C=O) groups is 2. The van der Waals surface area contributed by atoms with Crippen LogP contribution in [0.25, 0.3) is 0 Å². The third-order valence-electron chi connectivity index (χ3n) is 4.10. The molecule has 1 aliphatic rings. The van der Waals surface area contributed by atoms with Crippen LogP contribution in [0.1, 0.15) is 31.7 Å². The van der Waals surface area contributed by atoms with Crippen LogP contribution >= 0.6 is 0 Å². The van der Waals surface area contributed by atoms with Gasteiger partial charge in [-0.15, -0.1) is 0 Å². The van der Waals surface area contributed by atoms with Gasteiger partial charge in [0.05, 0.1) is 4.90 Å². The van der Waals surface area contributed by atoms with Crippen LogP contribution in [-0.2, 0) is 19.7 Å². The van der Waals surface area contributed by atoms with E-state index in [0.29, 0.717) is 12.0 Å². The van der Waals surface area contributed by atoms with Crippen molar-refractivity contribution in [3.8, 4) is 0 Å². The molecule has 1 heterocycles. The van der Waals surface area contributed by atoms with Gasteiger partial charge in [-0.25, -0.2) is 0 Å². The van der Waals surface area contributed by atoms with Gasteiger partial charge in [0.25, 0.3) is 10.1 Å². The van der Waals surface area contributed by atoms with Gasteiger partial charge in [0.1, 0.15) is 0 Å². The maximum Gasteiger partial charge on any atom is 0.294 e. The molecule has 1 saturated heterocycles. The van der Waals surface area contributed by atoms with Crippen LogP contribution in [0, 0.1) is 6.92 Å². The van der Waals surface area contributed by atoms with Crippen LogP contribution in [0.15, 0.2) is 54.1 Å². The summed E-state index contributed by atoms with van der Waals surface area (Å²) in [5.41, 5.74) is 1.53. The second kappa shape index (κ2) is 14.5. The number of hydrogen-bond acceptors (Lipinski definition) is 5. The van der Waals surface area contributed by atoms with Gasteiger partial charge >= 0.3 is 0 Å². The summed E-state index contributed by atoms with van der Waals surface area (Å²) in [6.07, 6.45) is 4.26. The fourth-order valence-electron chi connectivity index (χ4n) is 2.32. The molecule has 1 aromatic carbocycles. The number of likely N-dealkylation sites (tertiary alicyclic amines) is 1. The highest BCUT2D eigenvalue weighted by atomic mass is 32.2. The highest BCUT2D eigenvalue weighted by molar-refractivity contribution is 7.85. The van der Waals surface area contributed by atoms with Crippen molar-refractivity contribution in [3.63, 3.8) is 0 Å². The van der Waals surface area contributed by atoms with Crippen LogP contribution < -0.4 is 5.32 Å². The number of nitrogens with one attached hydrogen (secondary N) is 1. The summed E-state index contributed by atoms with van der Waals surface area (Å²) < 4.78 is 29.6. The lowest BCUT2D eigenvalue weighted by Gasteiger charge is -2.09. The Balaban J connectivity index is 0.000000443. The van der Waals surface area contributed by atoms with E-state index in [1.807, 2.05) is 21.0 Å². The van der Waals surface area contributed by atoms with Crippen molar-refractivity contribution in [1.82, 2.24) is 15.1 Å². The number of rotatable bonds is 7. The van der Waals surface area contributed by atoms with Crippen molar-refractivity contribution in [3.05, 3.63) is 54.8 Å². The van der Waals surface area contributed by atoms with Crippen molar-refractivity contribution < 1.29 is 22.6 Å². The molecule has 0 aromatic heterocycles. The molecule has 0 atom stereocenters. The zero-order valence-electron chi connectivity index (χ0n) is 18.9. The molecule has 0 unspecified atom stereocenters. The van der Waals surface area contributed by atoms with Crippen molar-refractivity contribution in [2.24, 2.45) is 0 Å². The Morgan fingerprint density at radius 1 is 1.29 bits per heavy atom. The molecule has 0 aliphatic carbocycles. The predicted molar refractivity (Wildman–Crippen MR) is 123 cm³/mol. The minimum Gasteiger partial charge on any atom is -0.352 e. The molecule has 0 saturated carbocycles. The highest BCUT2D eigenvalue weighted by Crippen LogP contribution is 2.09. The van der Waals surface area contributed by atoms with E-state index in [2.05, 4.69) is 23.4 Å². The third-order valence-corrected chi connectivity index (χ3v) is 4.97. The van der Waals surface area contributed by atoms with E-state index in [-0.39, 0.29) is 16.7 Å². The van der Waals surface area contributed by atoms with Gasteiger partial charge in [0.2, 0.25) is 11.8 Å². The Kier molecular flexibility index (Phi) is 13.3. The van der Waals surface area contributed by atoms with Gasteiger partial charge in [-0.2, -0.15) is 8.42 Å². The maximum atomic E-state index is 11.0. The number of hydrogen-bond donors (Lipinski definition) is 2. The monoisotopic (exact) mass is 453 g/mol.